The van der Waals surface area contributed by atoms with Gasteiger partial charge in [0, 0.05) is 38.4 Å². The lowest BCUT2D eigenvalue weighted by Crippen LogP contribution is -2.49. The summed E-state index contributed by atoms with van der Waals surface area (Å²) in [6.45, 7) is 3.90. The van der Waals surface area contributed by atoms with Crippen molar-refractivity contribution in [1.29, 1.82) is 0 Å². The van der Waals surface area contributed by atoms with Crippen molar-refractivity contribution in [2.24, 2.45) is 5.92 Å². The first-order valence-corrected chi connectivity index (χ1v) is 10.2. The number of rotatable bonds is 4. The van der Waals surface area contributed by atoms with Gasteiger partial charge in [-0.05, 0) is 42.9 Å². The van der Waals surface area contributed by atoms with Gasteiger partial charge in [-0.2, -0.15) is 0 Å². The molecule has 0 radical (unpaired) electrons. The van der Waals surface area contributed by atoms with E-state index in [2.05, 4.69) is 34.5 Å². The van der Waals surface area contributed by atoms with E-state index in [9.17, 15) is 9.90 Å². The molecule has 2 aromatic rings. The predicted octanol–water partition coefficient (Wildman–Crippen LogP) is 3.21. The van der Waals surface area contributed by atoms with Gasteiger partial charge in [0.2, 0.25) is 0 Å². The number of hydrogen-bond donors (Lipinski definition) is 2. The van der Waals surface area contributed by atoms with Crippen LogP contribution >= 0.6 is 0 Å². The number of aliphatic hydroxyl groups is 1. The number of urea groups is 1. The molecule has 1 atom stereocenters. The molecule has 0 spiro atoms. The number of benzene rings is 2. The summed E-state index contributed by atoms with van der Waals surface area (Å²) in [4.78, 5) is 16.8. The van der Waals surface area contributed by atoms with Gasteiger partial charge in [-0.25, -0.2) is 4.79 Å². The van der Waals surface area contributed by atoms with E-state index in [-0.39, 0.29) is 6.03 Å². The van der Waals surface area contributed by atoms with Crippen LogP contribution in [0.15, 0.2) is 60.7 Å². The average Bonchev–Trinajstić information content (AvgIpc) is 3.23. The lowest BCUT2D eigenvalue weighted by Gasteiger charge is -2.38. The number of likely N-dealkylation sites (tertiary alicyclic amines) is 1. The molecule has 2 aliphatic rings. The molecule has 2 fully saturated rings. The molecule has 148 valence electrons. The fourth-order valence-corrected chi connectivity index (χ4v) is 4.33. The SMILES string of the molecule is O=C(NC[C@H]1CCN(c2ccccc2)C1)N1CCC(O)(c2ccccc2)CC1. The van der Waals surface area contributed by atoms with Crippen molar-refractivity contribution in [2.75, 3.05) is 37.6 Å². The monoisotopic (exact) mass is 379 g/mol. The van der Waals surface area contributed by atoms with E-state index in [0.717, 1.165) is 25.1 Å². The summed E-state index contributed by atoms with van der Waals surface area (Å²) in [6.07, 6.45) is 2.26. The summed E-state index contributed by atoms with van der Waals surface area (Å²) in [5.74, 6) is 0.482. The van der Waals surface area contributed by atoms with Gasteiger partial charge in [0.05, 0.1) is 5.60 Å². The summed E-state index contributed by atoms with van der Waals surface area (Å²) in [5.41, 5.74) is 1.38. The van der Waals surface area contributed by atoms with Crippen LogP contribution in [0.1, 0.15) is 24.8 Å². The Balaban J connectivity index is 1.23. The van der Waals surface area contributed by atoms with Crippen LogP contribution in [0.25, 0.3) is 0 Å². The first-order chi connectivity index (χ1) is 13.6. The molecule has 2 N–H and O–H groups in total. The summed E-state index contributed by atoms with van der Waals surface area (Å²) >= 11 is 0. The molecule has 0 bridgehead atoms. The van der Waals surface area contributed by atoms with Crippen LogP contribution in [0, 0.1) is 5.92 Å². The molecular formula is C23H29N3O2. The van der Waals surface area contributed by atoms with Crippen molar-refractivity contribution in [2.45, 2.75) is 24.9 Å². The van der Waals surface area contributed by atoms with Crippen molar-refractivity contribution in [1.82, 2.24) is 10.2 Å². The van der Waals surface area contributed by atoms with Crippen molar-refractivity contribution < 1.29 is 9.90 Å². The molecule has 2 saturated heterocycles. The van der Waals surface area contributed by atoms with Gasteiger partial charge >= 0.3 is 6.03 Å². The highest BCUT2D eigenvalue weighted by Crippen LogP contribution is 2.32. The van der Waals surface area contributed by atoms with Crippen LogP contribution in [0.5, 0.6) is 0 Å². The van der Waals surface area contributed by atoms with Gasteiger partial charge in [0.15, 0.2) is 0 Å². The van der Waals surface area contributed by atoms with Crippen LogP contribution in [0.3, 0.4) is 0 Å². The van der Waals surface area contributed by atoms with Gasteiger partial charge in [-0.3, -0.25) is 0 Å². The van der Waals surface area contributed by atoms with Crippen molar-refractivity contribution in [3.8, 4) is 0 Å². The standard InChI is InChI=1S/C23H29N3O2/c27-22(24-17-19-11-14-26(18-19)21-9-5-2-6-10-21)25-15-12-23(28,13-16-25)20-7-3-1-4-8-20/h1-10,19,28H,11-18H2,(H,24,27)/t19-/m1/s1. The van der Waals surface area contributed by atoms with Crippen LogP contribution < -0.4 is 10.2 Å². The molecule has 2 aliphatic heterocycles. The Hall–Kier alpha value is -2.53. The fraction of sp³-hybridized carbons (Fsp3) is 0.435. The second kappa shape index (κ2) is 8.23. The minimum absolute atomic E-state index is 0.00623. The van der Waals surface area contributed by atoms with Gasteiger partial charge in [0.1, 0.15) is 0 Å². The van der Waals surface area contributed by atoms with E-state index < -0.39 is 5.60 Å². The predicted molar refractivity (Wildman–Crippen MR) is 111 cm³/mol. The summed E-state index contributed by atoms with van der Waals surface area (Å²) in [7, 11) is 0. The van der Waals surface area contributed by atoms with Crippen LogP contribution in [0.2, 0.25) is 0 Å². The van der Waals surface area contributed by atoms with Crippen molar-refractivity contribution in [3.63, 3.8) is 0 Å². The normalized spacial score (nSPS) is 21.5. The highest BCUT2D eigenvalue weighted by atomic mass is 16.3. The highest BCUT2D eigenvalue weighted by Gasteiger charge is 2.35. The van der Waals surface area contributed by atoms with E-state index in [1.54, 1.807) is 0 Å². The molecule has 0 saturated carbocycles. The number of nitrogens with zero attached hydrogens (tertiary/aromatic N) is 2. The molecule has 5 nitrogen and oxygen atoms in total. The van der Waals surface area contributed by atoms with E-state index in [4.69, 9.17) is 0 Å². The Kier molecular flexibility index (Phi) is 5.53. The van der Waals surface area contributed by atoms with Gasteiger partial charge in [-0.15, -0.1) is 0 Å². The van der Waals surface area contributed by atoms with E-state index in [0.29, 0.717) is 38.4 Å². The van der Waals surface area contributed by atoms with Gasteiger partial charge in [-0.1, -0.05) is 48.5 Å². The zero-order valence-corrected chi connectivity index (χ0v) is 16.3. The number of carbonyl (C=O) groups excluding carboxylic acids is 1. The lowest BCUT2D eigenvalue weighted by molar-refractivity contribution is -0.0168. The molecular weight excluding hydrogens is 350 g/mol. The molecule has 4 rings (SSSR count). The number of anilines is 1. The largest absolute Gasteiger partial charge is 0.385 e. The number of piperidine rings is 1. The Labute approximate surface area is 167 Å². The molecule has 5 heteroatoms. The van der Waals surface area contributed by atoms with Crippen LogP contribution in [-0.2, 0) is 5.60 Å². The van der Waals surface area contributed by atoms with Crippen molar-refractivity contribution in [3.05, 3.63) is 66.2 Å². The average molecular weight is 380 g/mol. The Bertz CT molecular complexity index is 773. The third-order valence-electron chi connectivity index (χ3n) is 6.14. The van der Waals surface area contributed by atoms with Crippen LogP contribution in [0.4, 0.5) is 10.5 Å². The maximum Gasteiger partial charge on any atom is 0.317 e. The minimum Gasteiger partial charge on any atom is -0.385 e. The van der Waals surface area contributed by atoms with E-state index >= 15 is 0 Å². The zero-order chi connectivity index (χ0) is 19.4. The molecule has 2 heterocycles. The molecule has 0 unspecified atom stereocenters. The Morgan fingerprint density at radius 1 is 1.00 bits per heavy atom. The van der Waals surface area contributed by atoms with E-state index in [1.165, 1.54) is 5.69 Å². The first kappa shape index (κ1) is 18.8. The quantitative estimate of drug-likeness (QED) is 0.858. The highest BCUT2D eigenvalue weighted by molar-refractivity contribution is 5.74. The third kappa shape index (κ3) is 4.14. The summed E-state index contributed by atoms with van der Waals surface area (Å²) in [5, 5.41) is 14.0. The summed E-state index contributed by atoms with van der Waals surface area (Å²) in [6, 6.07) is 20.2. The summed E-state index contributed by atoms with van der Waals surface area (Å²) < 4.78 is 0. The smallest absolute Gasteiger partial charge is 0.317 e. The zero-order valence-electron chi connectivity index (χ0n) is 16.3. The maximum absolute atomic E-state index is 12.6. The second-order valence-electron chi connectivity index (χ2n) is 8.01. The molecule has 2 aromatic carbocycles. The molecule has 28 heavy (non-hydrogen) atoms. The van der Waals surface area contributed by atoms with E-state index in [1.807, 2.05) is 41.3 Å². The number of nitrogens with one attached hydrogen (secondary N) is 1. The van der Waals surface area contributed by atoms with Gasteiger partial charge in [0.25, 0.3) is 0 Å². The number of carbonyl (C=O) groups is 1. The second-order valence-corrected chi connectivity index (χ2v) is 8.01. The lowest BCUT2D eigenvalue weighted by atomic mass is 9.84. The Morgan fingerprint density at radius 2 is 1.64 bits per heavy atom. The number of para-hydroxylation sites is 1. The fourth-order valence-electron chi connectivity index (χ4n) is 4.33. The number of amides is 2. The molecule has 0 aliphatic carbocycles. The number of hydrogen-bond acceptors (Lipinski definition) is 3. The first-order valence-electron chi connectivity index (χ1n) is 10.2. The molecule has 0 aromatic heterocycles. The third-order valence-corrected chi connectivity index (χ3v) is 6.14. The Morgan fingerprint density at radius 3 is 2.32 bits per heavy atom. The maximum atomic E-state index is 12.6. The van der Waals surface area contributed by atoms with Crippen LogP contribution in [-0.4, -0.2) is 48.8 Å². The minimum atomic E-state index is -0.820. The molecule has 2 amide bonds. The van der Waals surface area contributed by atoms with Crippen molar-refractivity contribution >= 4 is 11.7 Å². The topological polar surface area (TPSA) is 55.8 Å². The van der Waals surface area contributed by atoms with Gasteiger partial charge < -0.3 is 20.2 Å².